The number of benzene rings is 1. The molecule has 0 bridgehead atoms. The van der Waals surface area contributed by atoms with E-state index in [4.69, 9.17) is 9.52 Å². The van der Waals surface area contributed by atoms with Gasteiger partial charge < -0.3 is 9.52 Å². The Kier molecular flexibility index (Phi) is 3.39. The first-order chi connectivity index (χ1) is 10.2. The van der Waals surface area contributed by atoms with Crippen molar-refractivity contribution in [3.63, 3.8) is 0 Å². The van der Waals surface area contributed by atoms with Crippen LogP contribution in [-0.4, -0.2) is 31.3 Å². The average molecular weight is 286 g/mol. The van der Waals surface area contributed by atoms with Gasteiger partial charge in [-0.3, -0.25) is 4.79 Å². The first kappa shape index (κ1) is 13.3. The van der Waals surface area contributed by atoms with Crippen molar-refractivity contribution in [2.45, 2.75) is 19.9 Å². The smallest absolute Gasteiger partial charge is 0.306 e. The summed E-state index contributed by atoms with van der Waals surface area (Å²) in [5.74, 6) is -0.681. The van der Waals surface area contributed by atoms with Crippen molar-refractivity contribution in [2.24, 2.45) is 5.92 Å². The van der Waals surface area contributed by atoms with E-state index in [1.807, 2.05) is 24.3 Å². The molecule has 2 heterocycles. The lowest BCUT2D eigenvalue weighted by Crippen LogP contribution is -2.13. The molecule has 7 heteroatoms. The van der Waals surface area contributed by atoms with Gasteiger partial charge in [0.25, 0.3) is 0 Å². The Morgan fingerprint density at radius 3 is 3.05 bits per heavy atom. The Balaban J connectivity index is 1.90. The Morgan fingerprint density at radius 1 is 1.43 bits per heavy atom. The molecule has 3 rings (SSSR count). The summed E-state index contributed by atoms with van der Waals surface area (Å²) in [7, 11) is 0. The van der Waals surface area contributed by atoms with Crippen molar-refractivity contribution >= 4 is 16.9 Å². The highest BCUT2D eigenvalue weighted by molar-refractivity contribution is 5.91. The fourth-order valence-corrected chi connectivity index (χ4v) is 2.14. The van der Waals surface area contributed by atoms with Crippen LogP contribution in [0.5, 0.6) is 0 Å². The maximum absolute atomic E-state index is 10.9. The Hall–Kier alpha value is -2.70. The highest BCUT2D eigenvalue weighted by Crippen LogP contribution is 2.28. The van der Waals surface area contributed by atoms with Gasteiger partial charge in [0.1, 0.15) is 11.8 Å². The van der Waals surface area contributed by atoms with Gasteiger partial charge in [0, 0.05) is 11.9 Å². The van der Waals surface area contributed by atoms with Crippen molar-refractivity contribution < 1.29 is 14.3 Å². The zero-order chi connectivity index (χ0) is 14.8. The number of tetrazole rings is 1. The third-order valence-electron chi connectivity index (χ3n) is 3.45. The largest absolute Gasteiger partial charge is 0.481 e. The van der Waals surface area contributed by atoms with Gasteiger partial charge in [-0.1, -0.05) is 25.1 Å². The molecule has 0 spiro atoms. The van der Waals surface area contributed by atoms with Gasteiger partial charge in [0.05, 0.1) is 11.5 Å². The molecule has 7 nitrogen and oxygen atoms in total. The van der Waals surface area contributed by atoms with Gasteiger partial charge in [-0.05, 0) is 22.9 Å². The van der Waals surface area contributed by atoms with Gasteiger partial charge in [-0.15, -0.1) is 5.10 Å². The molecule has 0 aliphatic rings. The number of hydrogen-bond acceptors (Lipinski definition) is 5. The van der Waals surface area contributed by atoms with Crippen LogP contribution in [0, 0.1) is 5.92 Å². The SMILES string of the molecule is CC(CCn1nnnc1-c1coc2ccccc12)C(=O)O. The van der Waals surface area contributed by atoms with E-state index in [9.17, 15) is 4.79 Å². The van der Waals surface area contributed by atoms with E-state index in [0.29, 0.717) is 18.8 Å². The summed E-state index contributed by atoms with van der Waals surface area (Å²) < 4.78 is 7.10. The van der Waals surface area contributed by atoms with Crippen molar-refractivity contribution in [3.8, 4) is 11.4 Å². The number of furan rings is 1. The summed E-state index contributed by atoms with van der Waals surface area (Å²) in [6.45, 7) is 2.11. The summed E-state index contributed by atoms with van der Waals surface area (Å²) in [4.78, 5) is 10.9. The number of hydrogen-bond donors (Lipinski definition) is 1. The van der Waals surface area contributed by atoms with Gasteiger partial charge in [-0.25, -0.2) is 4.68 Å². The first-order valence-electron chi connectivity index (χ1n) is 6.62. The number of rotatable bonds is 5. The highest BCUT2D eigenvalue weighted by atomic mass is 16.4. The van der Waals surface area contributed by atoms with Crippen LogP contribution in [-0.2, 0) is 11.3 Å². The van der Waals surface area contributed by atoms with Crippen LogP contribution >= 0.6 is 0 Å². The second kappa shape index (κ2) is 5.35. The predicted molar refractivity (Wildman–Crippen MR) is 74.4 cm³/mol. The third-order valence-corrected chi connectivity index (χ3v) is 3.45. The third kappa shape index (κ3) is 2.49. The number of aliphatic carboxylic acids is 1. The molecule has 0 radical (unpaired) electrons. The van der Waals surface area contributed by atoms with Crippen LogP contribution in [0.25, 0.3) is 22.4 Å². The molecule has 0 fully saturated rings. The minimum atomic E-state index is -0.821. The van der Waals surface area contributed by atoms with E-state index < -0.39 is 11.9 Å². The van der Waals surface area contributed by atoms with Crippen LogP contribution < -0.4 is 0 Å². The second-order valence-electron chi connectivity index (χ2n) is 4.90. The lowest BCUT2D eigenvalue weighted by molar-refractivity contribution is -0.141. The van der Waals surface area contributed by atoms with Gasteiger partial charge in [0.2, 0.25) is 0 Å². The highest BCUT2D eigenvalue weighted by Gasteiger charge is 2.17. The van der Waals surface area contributed by atoms with Crippen LogP contribution in [0.2, 0.25) is 0 Å². The summed E-state index contributed by atoms with van der Waals surface area (Å²) >= 11 is 0. The number of carboxylic acid groups (broad SMARTS) is 1. The number of carboxylic acids is 1. The topological polar surface area (TPSA) is 94.0 Å². The zero-order valence-electron chi connectivity index (χ0n) is 11.4. The fourth-order valence-electron chi connectivity index (χ4n) is 2.14. The number of carbonyl (C=O) groups is 1. The average Bonchev–Trinajstić information content (AvgIpc) is 3.10. The van der Waals surface area contributed by atoms with E-state index >= 15 is 0 Å². The molecule has 2 aromatic heterocycles. The molecule has 0 aliphatic heterocycles. The second-order valence-corrected chi connectivity index (χ2v) is 4.90. The minimum Gasteiger partial charge on any atom is -0.481 e. The van der Waals surface area contributed by atoms with Crippen molar-refractivity contribution in [3.05, 3.63) is 30.5 Å². The molecular weight excluding hydrogens is 272 g/mol. The number of para-hydroxylation sites is 1. The number of fused-ring (bicyclic) bond motifs is 1. The Morgan fingerprint density at radius 2 is 2.24 bits per heavy atom. The number of nitrogens with zero attached hydrogens (tertiary/aromatic N) is 4. The molecule has 1 atom stereocenters. The lowest BCUT2D eigenvalue weighted by atomic mass is 10.1. The maximum Gasteiger partial charge on any atom is 0.306 e. The number of aryl methyl sites for hydroxylation is 1. The number of aromatic nitrogens is 4. The van der Waals surface area contributed by atoms with Crippen molar-refractivity contribution in [1.29, 1.82) is 0 Å². The van der Waals surface area contributed by atoms with Gasteiger partial charge >= 0.3 is 5.97 Å². The molecule has 1 unspecified atom stereocenters. The molecule has 0 saturated carbocycles. The predicted octanol–water partition coefficient (Wildman–Crippen LogP) is 2.20. The van der Waals surface area contributed by atoms with E-state index in [-0.39, 0.29) is 0 Å². The first-order valence-corrected chi connectivity index (χ1v) is 6.62. The molecular formula is C14H14N4O3. The summed E-state index contributed by atoms with van der Waals surface area (Å²) in [5.41, 5.74) is 1.57. The minimum absolute atomic E-state index is 0.440. The van der Waals surface area contributed by atoms with Crippen LogP contribution in [0.3, 0.4) is 0 Å². The quantitative estimate of drug-likeness (QED) is 0.772. The van der Waals surface area contributed by atoms with Gasteiger partial charge in [-0.2, -0.15) is 0 Å². The molecule has 0 amide bonds. The molecule has 1 N–H and O–H groups in total. The summed E-state index contributed by atoms with van der Waals surface area (Å²) in [6.07, 6.45) is 2.08. The zero-order valence-corrected chi connectivity index (χ0v) is 11.4. The van der Waals surface area contributed by atoms with Gasteiger partial charge in [0.15, 0.2) is 5.82 Å². The van der Waals surface area contributed by atoms with Crippen LogP contribution in [0.4, 0.5) is 0 Å². The van der Waals surface area contributed by atoms with E-state index in [0.717, 1.165) is 16.5 Å². The van der Waals surface area contributed by atoms with E-state index in [1.165, 1.54) is 0 Å². The Labute approximate surface area is 120 Å². The lowest BCUT2D eigenvalue weighted by Gasteiger charge is -2.06. The standard InChI is InChI=1S/C14H14N4O3/c1-9(14(19)20)6-7-18-13(15-16-17-18)11-8-21-12-5-3-2-4-10(11)12/h2-5,8-9H,6-7H2,1H3,(H,19,20). The van der Waals surface area contributed by atoms with Crippen molar-refractivity contribution in [1.82, 2.24) is 20.2 Å². The molecule has 3 aromatic rings. The van der Waals surface area contributed by atoms with Crippen LogP contribution in [0.1, 0.15) is 13.3 Å². The molecule has 108 valence electrons. The molecule has 21 heavy (non-hydrogen) atoms. The monoisotopic (exact) mass is 286 g/mol. The fraction of sp³-hybridized carbons (Fsp3) is 0.286. The molecule has 0 aliphatic carbocycles. The van der Waals surface area contributed by atoms with E-state index in [1.54, 1.807) is 17.9 Å². The normalized spacial score (nSPS) is 12.6. The summed E-state index contributed by atoms with van der Waals surface area (Å²) in [5, 5.41) is 21.5. The molecule has 0 saturated heterocycles. The molecule has 1 aromatic carbocycles. The maximum atomic E-state index is 10.9. The summed E-state index contributed by atoms with van der Waals surface area (Å²) in [6, 6.07) is 7.63. The Bertz CT molecular complexity index is 777. The van der Waals surface area contributed by atoms with E-state index in [2.05, 4.69) is 15.5 Å². The van der Waals surface area contributed by atoms with Crippen LogP contribution in [0.15, 0.2) is 34.9 Å². The van der Waals surface area contributed by atoms with Crippen molar-refractivity contribution in [2.75, 3.05) is 0 Å².